The second-order valence-corrected chi connectivity index (χ2v) is 5.19. The number of nitrogens with two attached hydrogens (primary N) is 1. The van der Waals surface area contributed by atoms with E-state index in [1.54, 1.807) is 19.2 Å². The monoisotopic (exact) mass is 279 g/mol. The number of hydrogen-bond donors (Lipinski definition) is 1. The van der Waals surface area contributed by atoms with Gasteiger partial charge in [0.25, 0.3) is 5.69 Å². The first kappa shape index (κ1) is 14.6. The molecule has 0 bridgehead atoms. The zero-order valence-electron chi connectivity index (χ0n) is 11.9. The predicted octanol–water partition coefficient (Wildman–Crippen LogP) is 2.31. The van der Waals surface area contributed by atoms with Crippen molar-refractivity contribution in [1.29, 1.82) is 0 Å². The molecule has 1 fully saturated rings. The second-order valence-electron chi connectivity index (χ2n) is 5.19. The molecule has 1 aliphatic heterocycles. The van der Waals surface area contributed by atoms with Crippen LogP contribution in [0.3, 0.4) is 0 Å². The summed E-state index contributed by atoms with van der Waals surface area (Å²) in [6.07, 6.45) is 3.09. The molecule has 0 aromatic heterocycles. The molecular formula is C14H21N3O3. The number of nitro benzene ring substituents is 1. The molecule has 0 aliphatic carbocycles. The largest absolute Gasteiger partial charge is 0.497 e. The number of piperidine rings is 1. The molecule has 1 saturated heterocycles. The molecule has 6 heteroatoms. The first-order valence-electron chi connectivity index (χ1n) is 6.89. The Hall–Kier alpha value is -1.82. The summed E-state index contributed by atoms with van der Waals surface area (Å²) in [4.78, 5) is 13.0. The number of nitrogens with zero attached hydrogens (tertiary/aromatic N) is 2. The third kappa shape index (κ3) is 2.70. The van der Waals surface area contributed by atoms with Crippen LogP contribution in [-0.2, 0) is 0 Å². The van der Waals surface area contributed by atoms with Crippen LogP contribution in [0.1, 0.15) is 26.2 Å². The predicted molar refractivity (Wildman–Crippen MR) is 78.3 cm³/mol. The summed E-state index contributed by atoms with van der Waals surface area (Å²) in [5, 5.41) is 11.3. The summed E-state index contributed by atoms with van der Waals surface area (Å²) in [5.41, 5.74) is 6.56. The van der Waals surface area contributed by atoms with Gasteiger partial charge < -0.3 is 15.4 Å². The molecule has 2 unspecified atom stereocenters. The molecule has 110 valence electrons. The summed E-state index contributed by atoms with van der Waals surface area (Å²) in [6.45, 7) is 2.59. The summed E-state index contributed by atoms with van der Waals surface area (Å²) < 4.78 is 5.20. The summed E-state index contributed by atoms with van der Waals surface area (Å²) in [5.74, 6) is 0.624. The van der Waals surface area contributed by atoms with Gasteiger partial charge in [-0.2, -0.15) is 0 Å². The zero-order valence-corrected chi connectivity index (χ0v) is 11.9. The molecule has 1 aromatic rings. The van der Waals surface area contributed by atoms with Crippen molar-refractivity contribution in [3.05, 3.63) is 28.3 Å². The van der Waals surface area contributed by atoms with Gasteiger partial charge in [-0.1, -0.05) is 0 Å². The molecule has 1 heterocycles. The maximum Gasteiger partial charge on any atom is 0.292 e. The smallest absolute Gasteiger partial charge is 0.292 e. The maximum absolute atomic E-state index is 11.3. The van der Waals surface area contributed by atoms with Crippen molar-refractivity contribution >= 4 is 11.4 Å². The number of nitro groups is 1. The van der Waals surface area contributed by atoms with Crippen molar-refractivity contribution in [2.45, 2.75) is 38.3 Å². The lowest BCUT2D eigenvalue weighted by molar-refractivity contribution is -0.384. The molecule has 0 saturated carbocycles. The van der Waals surface area contributed by atoms with Crippen LogP contribution in [-0.4, -0.2) is 30.7 Å². The number of hydrogen-bond acceptors (Lipinski definition) is 5. The Balaban J connectivity index is 2.49. The third-order valence-electron chi connectivity index (χ3n) is 3.96. The molecule has 1 aromatic carbocycles. The lowest BCUT2D eigenvalue weighted by Crippen LogP contribution is -2.49. The van der Waals surface area contributed by atoms with E-state index in [-0.39, 0.29) is 22.7 Å². The van der Waals surface area contributed by atoms with Crippen molar-refractivity contribution < 1.29 is 9.66 Å². The molecule has 0 spiro atoms. The van der Waals surface area contributed by atoms with Gasteiger partial charge in [0, 0.05) is 30.8 Å². The summed E-state index contributed by atoms with van der Waals surface area (Å²) in [7, 11) is 1.56. The molecule has 2 rings (SSSR count). The normalized spacial score (nSPS) is 22.6. The van der Waals surface area contributed by atoms with E-state index in [0.29, 0.717) is 18.0 Å². The van der Waals surface area contributed by atoms with E-state index in [1.165, 1.54) is 6.07 Å². The van der Waals surface area contributed by atoms with Crippen LogP contribution in [0.25, 0.3) is 0 Å². The van der Waals surface area contributed by atoms with Crippen molar-refractivity contribution in [2.75, 3.05) is 18.6 Å². The van der Waals surface area contributed by atoms with Crippen LogP contribution in [0.15, 0.2) is 18.2 Å². The highest BCUT2D eigenvalue weighted by molar-refractivity contribution is 5.67. The van der Waals surface area contributed by atoms with Gasteiger partial charge in [-0.3, -0.25) is 10.1 Å². The molecule has 2 N–H and O–H groups in total. The highest BCUT2D eigenvalue weighted by Gasteiger charge is 2.31. The molecular weight excluding hydrogens is 258 g/mol. The van der Waals surface area contributed by atoms with Crippen molar-refractivity contribution in [1.82, 2.24) is 0 Å². The van der Waals surface area contributed by atoms with Crippen LogP contribution >= 0.6 is 0 Å². The highest BCUT2D eigenvalue weighted by atomic mass is 16.6. The van der Waals surface area contributed by atoms with Crippen LogP contribution in [0.5, 0.6) is 5.75 Å². The first-order valence-corrected chi connectivity index (χ1v) is 6.89. The van der Waals surface area contributed by atoms with Gasteiger partial charge in [-0.05, 0) is 32.3 Å². The zero-order chi connectivity index (χ0) is 14.7. The molecule has 0 radical (unpaired) electrons. The van der Waals surface area contributed by atoms with E-state index in [9.17, 15) is 10.1 Å². The van der Waals surface area contributed by atoms with E-state index in [2.05, 4.69) is 11.8 Å². The van der Waals surface area contributed by atoms with Crippen molar-refractivity contribution in [2.24, 2.45) is 5.73 Å². The topological polar surface area (TPSA) is 81.6 Å². The minimum absolute atomic E-state index is 0.109. The fraction of sp³-hybridized carbons (Fsp3) is 0.571. The number of methoxy groups -OCH3 is 1. The lowest BCUT2D eigenvalue weighted by Gasteiger charge is -2.41. The Morgan fingerprint density at radius 1 is 1.50 bits per heavy atom. The fourth-order valence-corrected chi connectivity index (χ4v) is 2.94. The average Bonchev–Trinajstić information content (AvgIpc) is 2.46. The van der Waals surface area contributed by atoms with Crippen LogP contribution < -0.4 is 15.4 Å². The van der Waals surface area contributed by atoms with Gasteiger partial charge >= 0.3 is 0 Å². The number of ether oxygens (including phenoxy) is 1. The quantitative estimate of drug-likeness (QED) is 0.675. The number of benzene rings is 1. The van der Waals surface area contributed by atoms with E-state index in [4.69, 9.17) is 10.5 Å². The Morgan fingerprint density at radius 2 is 2.25 bits per heavy atom. The van der Waals surface area contributed by atoms with E-state index < -0.39 is 0 Å². The maximum atomic E-state index is 11.3. The fourth-order valence-electron chi connectivity index (χ4n) is 2.94. The van der Waals surface area contributed by atoms with Crippen LogP contribution in [0.4, 0.5) is 11.4 Å². The van der Waals surface area contributed by atoms with Crippen LogP contribution in [0, 0.1) is 10.1 Å². The van der Waals surface area contributed by atoms with Gasteiger partial charge in [-0.15, -0.1) is 0 Å². The number of anilines is 1. The van der Waals surface area contributed by atoms with E-state index in [0.717, 1.165) is 19.3 Å². The summed E-state index contributed by atoms with van der Waals surface area (Å²) in [6, 6.07) is 5.24. The van der Waals surface area contributed by atoms with Gasteiger partial charge in [0.1, 0.15) is 11.4 Å². The second kappa shape index (κ2) is 6.09. The Morgan fingerprint density at radius 3 is 2.85 bits per heavy atom. The third-order valence-corrected chi connectivity index (χ3v) is 3.96. The van der Waals surface area contributed by atoms with Crippen molar-refractivity contribution in [3.8, 4) is 5.75 Å². The Kier molecular flexibility index (Phi) is 4.44. The van der Waals surface area contributed by atoms with Gasteiger partial charge in [0.2, 0.25) is 0 Å². The van der Waals surface area contributed by atoms with Crippen molar-refractivity contribution in [3.63, 3.8) is 0 Å². The highest BCUT2D eigenvalue weighted by Crippen LogP contribution is 2.37. The number of rotatable bonds is 4. The molecule has 1 aliphatic rings. The minimum Gasteiger partial charge on any atom is -0.497 e. The standard InChI is InChI=1S/C14H21N3O3/c1-10-4-3-5-11(9-15)16(10)14-8-12(20-2)6-7-13(14)17(18)19/h6-8,10-11H,3-5,9,15H2,1-2H3. The molecule has 20 heavy (non-hydrogen) atoms. The van der Waals surface area contributed by atoms with E-state index >= 15 is 0 Å². The SMILES string of the molecule is COc1ccc([N+](=O)[O-])c(N2C(C)CCCC2CN)c1. The van der Waals surface area contributed by atoms with Gasteiger partial charge in [0.05, 0.1) is 12.0 Å². The molecule has 2 atom stereocenters. The molecule has 6 nitrogen and oxygen atoms in total. The Labute approximate surface area is 118 Å². The Bertz CT molecular complexity index is 493. The summed E-state index contributed by atoms with van der Waals surface area (Å²) >= 11 is 0. The van der Waals surface area contributed by atoms with Gasteiger partial charge in [0.15, 0.2) is 0 Å². The van der Waals surface area contributed by atoms with E-state index in [1.807, 2.05) is 0 Å². The minimum atomic E-state index is -0.344. The first-order chi connectivity index (χ1) is 9.58. The molecule has 0 amide bonds. The average molecular weight is 279 g/mol. The lowest BCUT2D eigenvalue weighted by atomic mass is 9.95. The van der Waals surface area contributed by atoms with Gasteiger partial charge in [-0.25, -0.2) is 0 Å². The van der Waals surface area contributed by atoms with Crippen LogP contribution in [0.2, 0.25) is 0 Å².